The first-order chi connectivity index (χ1) is 11.3. The second-order valence-corrected chi connectivity index (χ2v) is 6.09. The number of hydrogen-bond donors (Lipinski definition) is 0. The lowest BCUT2D eigenvalue weighted by molar-refractivity contribution is -0.135. The number of ether oxygens (including phenoxy) is 1. The number of hydrogen-bond acceptors (Lipinski definition) is 6. The normalized spacial score (nSPS) is 18.7. The van der Waals surface area contributed by atoms with E-state index in [1.807, 2.05) is 21.5 Å². The Morgan fingerprint density at radius 3 is 2.70 bits per heavy atom. The van der Waals surface area contributed by atoms with E-state index in [2.05, 4.69) is 15.1 Å². The molecule has 0 atom stereocenters. The van der Waals surface area contributed by atoms with Crippen LogP contribution in [0.1, 0.15) is 24.6 Å². The SMILES string of the molecule is COCC(=O)N1CCN(c2ccc3nnc(C4CC4)n3n2)CC1. The van der Waals surface area contributed by atoms with Crippen LogP contribution >= 0.6 is 0 Å². The molecule has 0 N–H and O–H groups in total. The minimum atomic E-state index is 0.0467. The summed E-state index contributed by atoms with van der Waals surface area (Å²) in [4.78, 5) is 15.9. The van der Waals surface area contributed by atoms with Gasteiger partial charge < -0.3 is 14.5 Å². The van der Waals surface area contributed by atoms with Crippen molar-refractivity contribution in [3.8, 4) is 0 Å². The van der Waals surface area contributed by atoms with Crippen molar-refractivity contribution >= 4 is 17.4 Å². The Morgan fingerprint density at radius 2 is 2.00 bits per heavy atom. The highest BCUT2D eigenvalue weighted by molar-refractivity contribution is 5.77. The largest absolute Gasteiger partial charge is 0.375 e. The van der Waals surface area contributed by atoms with E-state index in [9.17, 15) is 4.79 Å². The predicted octanol–water partition coefficient (Wildman–Crippen LogP) is 0.297. The molecule has 122 valence electrons. The third kappa shape index (κ3) is 2.74. The van der Waals surface area contributed by atoms with Crippen LogP contribution in [-0.4, -0.2) is 70.5 Å². The Bertz CT molecular complexity index is 718. The number of rotatable bonds is 4. The first kappa shape index (κ1) is 14.4. The third-order valence-electron chi connectivity index (χ3n) is 4.44. The van der Waals surface area contributed by atoms with Gasteiger partial charge in [-0.1, -0.05) is 0 Å². The highest BCUT2D eigenvalue weighted by atomic mass is 16.5. The molecule has 2 aromatic rings. The molecule has 0 unspecified atom stereocenters. The molecule has 0 bridgehead atoms. The van der Waals surface area contributed by atoms with E-state index in [0.717, 1.165) is 30.4 Å². The third-order valence-corrected chi connectivity index (χ3v) is 4.44. The summed E-state index contributed by atoms with van der Waals surface area (Å²) in [6.07, 6.45) is 2.35. The van der Waals surface area contributed by atoms with Crippen LogP contribution in [0.25, 0.3) is 5.65 Å². The van der Waals surface area contributed by atoms with Gasteiger partial charge in [0.2, 0.25) is 5.91 Å². The molecule has 0 aromatic carbocycles. The molecule has 4 rings (SSSR count). The van der Waals surface area contributed by atoms with Crippen LogP contribution in [0.3, 0.4) is 0 Å². The maximum Gasteiger partial charge on any atom is 0.248 e. The number of nitrogens with zero attached hydrogens (tertiary/aromatic N) is 6. The number of carbonyl (C=O) groups excluding carboxylic acids is 1. The van der Waals surface area contributed by atoms with Crippen LogP contribution in [0.4, 0.5) is 5.82 Å². The Hall–Kier alpha value is -2.22. The van der Waals surface area contributed by atoms with Gasteiger partial charge in [0.15, 0.2) is 11.5 Å². The number of aromatic nitrogens is 4. The summed E-state index contributed by atoms with van der Waals surface area (Å²) in [5.41, 5.74) is 0.796. The van der Waals surface area contributed by atoms with E-state index >= 15 is 0 Å². The van der Waals surface area contributed by atoms with Crippen LogP contribution in [0.5, 0.6) is 0 Å². The predicted molar refractivity (Wildman–Crippen MR) is 83.4 cm³/mol. The topological polar surface area (TPSA) is 75.9 Å². The monoisotopic (exact) mass is 316 g/mol. The lowest BCUT2D eigenvalue weighted by atomic mass is 10.3. The fourth-order valence-electron chi connectivity index (χ4n) is 2.96. The van der Waals surface area contributed by atoms with Gasteiger partial charge in [-0.3, -0.25) is 4.79 Å². The molecule has 1 amide bonds. The van der Waals surface area contributed by atoms with Crippen molar-refractivity contribution in [3.63, 3.8) is 0 Å². The molecule has 8 heteroatoms. The van der Waals surface area contributed by atoms with Crippen molar-refractivity contribution in [2.75, 3.05) is 44.8 Å². The van der Waals surface area contributed by atoms with Crippen LogP contribution in [0, 0.1) is 0 Å². The summed E-state index contributed by atoms with van der Waals surface area (Å²) in [5.74, 6) is 2.44. The zero-order chi connectivity index (χ0) is 15.8. The molecule has 2 aromatic heterocycles. The highest BCUT2D eigenvalue weighted by Crippen LogP contribution is 2.38. The summed E-state index contributed by atoms with van der Waals surface area (Å²) in [7, 11) is 1.55. The molecule has 0 radical (unpaired) electrons. The molecule has 1 aliphatic heterocycles. The first-order valence-corrected chi connectivity index (χ1v) is 8.00. The van der Waals surface area contributed by atoms with Crippen molar-refractivity contribution in [2.24, 2.45) is 0 Å². The van der Waals surface area contributed by atoms with Crippen molar-refractivity contribution in [1.29, 1.82) is 0 Å². The van der Waals surface area contributed by atoms with Gasteiger partial charge in [-0.05, 0) is 25.0 Å². The van der Waals surface area contributed by atoms with Gasteiger partial charge in [0.05, 0.1) is 0 Å². The van der Waals surface area contributed by atoms with E-state index in [1.165, 1.54) is 12.8 Å². The number of amides is 1. The highest BCUT2D eigenvalue weighted by Gasteiger charge is 2.29. The minimum Gasteiger partial charge on any atom is -0.375 e. The fourth-order valence-corrected chi connectivity index (χ4v) is 2.96. The molecule has 3 heterocycles. The maximum absolute atomic E-state index is 11.9. The van der Waals surface area contributed by atoms with Gasteiger partial charge in [-0.15, -0.1) is 15.3 Å². The second kappa shape index (κ2) is 5.77. The van der Waals surface area contributed by atoms with Crippen LogP contribution in [0.15, 0.2) is 12.1 Å². The van der Waals surface area contributed by atoms with Crippen LogP contribution in [0.2, 0.25) is 0 Å². The molecular formula is C15H20N6O2. The standard InChI is InChI=1S/C15H20N6O2/c1-23-10-14(22)20-8-6-19(7-9-20)13-5-4-12-16-17-15(11-2-3-11)21(12)18-13/h4-5,11H,2-3,6-10H2,1H3. The van der Waals surface area contributed by atoms with E-state index < -0.39 is 0 Å². The van der Waals surface area contributed by atoms with Crippen molar-refractivity contribution in [1.82, 2.24) is 24.7 Å². The zero-order valence-corrected chi connectivity index (χ0v) is 13.2. The number of anilines is 1. The number of fused-ring (bicyclic) bond motifs is 1. The number of piperazine rings is 1. The Labute approximate surface area is 134 Å². The van der Waals surface area contributed by atoms with Gasteiger partial charge in [-0.25, -0.2) is 0 Å². The Balaban J connectivity index is 1.49. The molecule has 1 saturated heterocycles. The lowest BCUT2D eigenvalue weighted by Gasteiger charge is -2.35. The summed E-state index contributed by atoms with van der Waals surface area (Å²) in [6.45, 7) is 3.08. The molecule has 2 fully saturated rings. The van der Waals surface area contributed by atoms with Crippen molar-refractivity contribution in [2.45, 2.75) is 18.8 Å². The minimum absolute atomic E-state index is 0.0467. The smallest absolute Gasteiger partial charge is 0.248 e. The average Bonchev–Trinajstić information content (AvgIpc) is 3.34. The molecule has 0 spiro atoms. The number of methoxy groups -OCH3 is 1. The fraction of sp³-hybridized carbons (Fsp3) is 0.600. The molecule has 8 nitrogen and oxygen atoms in total. The quantitative estimate of drug-likeness (QED) is 0.807. The van der Waals surface area contributed by atoms with Crippen molar-refractivity contribution < 1.29 is 9.53 Å². The number of carbonyl (C=O) groups is 1. The van der Waals surface area contributed by atoms with Gasteiger partial charge >= 0.3 is 0 Å². The summed E-state index contributed by atoms with van der Waals surface area (Å²) in [6, 6.07) is 3.94. The lowest BCUT2D eigenvalue weighted by Crippen LogP contribution is -2.50. The summed E-state index contributed by atoms with van der Waals surface area (Å²) in [5, 5.41) is 13.2. The second-order valence-electron chi connectivity index (χ2n) is 6.09. The molecule has 2 aliphatic rings. The Kier molecular flexibility index (Phi) is 3.60. The first-order valence-electron chi connectivity index (χ1n) is 8.00. The van der Waals surface area contributed by atoms with E-state index in [4.69, 9.17) is 9.84 Å². The van der Waals surface area contributed by atoms with E-state index in [-0.39, 0.29) is 12.5 Å². The van der Waals surface area contributed by atoms with Gasteiger partial charge in [-0.2, -0.15) is 4.52 Å². The molecule has 23 heavy (non-hydrogen) atoms. The molecule has 1 saturated carbocycles. The van der Waals surface area contributed by atoms with Gasteiger partial charge in [0.25, 0.3) is 0 Å². The Morgan fingerprint density at radius 1 is 1.22 bits per heavy atom. The van der Waals surface area contributed by atoms with E-state index in [1.54, 1.807) is 7.11 Å². The van der Waals surface area contributed by atoms with Gasteiger partial charge in [0.1, 0.15) is 12.4 Å². The molecular weight excluding hydrogens is 296 g/mol. The average molecular weight is 316 g/mol. The van der Waals surface area contributed by atoms with Crippen LogP contribution in [-0.2, 0) is 9.53 Å². The van der Waals surface area contributed by atoms with E-state index in [0.29, 0.717) is 19.0 Å². The zero-order valence-electron chi connectivity index (χ0n) is 13.2. The summed E-state index contributed by atoms with van der Waals surface area (Å²) >= 11 is 0. The maximum atomic E-state index is 11.9. The van der Waals surface area contributed by atoms with Crippen molar-refractivity contribution in [3.05, 3.63) is 18.0 Å². The summed E-state index contributed by atoms with van der Waals surface area (Å²) < 4.78 is 6.79. The van der Waals surface area contributed by atoms with Crippen LogP contribution < -0.4 is 4.90 Å². The van der Waals surface area contributed by atoms with Gasteiger partial charge in [0, 0.05) is 39.2 Å². The molecule has 1 aliphatic carbocycles.